The van der Waals surface area contributed by atoms with Gasteiger partial charge in [-0.15, -0.1) is 5.56 Å². The molecule has 2 aromatic heterocycles. The van der Waals surface area contributed by atoms with E-state index in [2.05, 4.69) is 27.1 Å². The Kier molecular flexibility index (Phi) is 12.6. The summed E-state index contributed by atoms with van der Waals surface area (Å²) in [5, 5.41) is 38.3. The summed E-state index contributed by atoms with van der Waals surface area (Å²) in [4.78, 5) is 31.1. The molecular formula is C37H29Cl2CoN6O5-. The number of hydrogen-bond acceptors (Lipinski definition) is 7. The summed E-state index contributed by atoms with van der Waals surface area (Å²) in [6.45, 7) is 7.64. The van der Waals surface area contributed by atoms with Gasteiger partial charge in [-0.2, -0.15) is 10.2 Å². The number of benzene rings is 4. The molecule has 0 atom stereocenters. The smallest absolute Gasteiger partial charge is 0.337 e. The SMILES string of the molecule is Cc1nn(-c2ccccc2)c(O)c1C=Nc1c(Cl)cccc1C(=O)O.[CH2-]c1c(C=Nc2c(Cl)cccc2C(=O)O)c(C)nn1-c1ccccc1.[Co]. The predicted octanol–water partition coefficient (Wildman–Crippen LogP) is 8.45. The first kappa shape index (κ1) is 38.1. The van der Waals surface area contributed by atoms with Crippen LogP contribution in [0.5, 0.6) is 5.88 Å². The number of carboxylic acid groups (broad SMARTS) is 2. The number of carboxylic acids is 2. The van der Waals surface area contributed by atoms with Crippen LogP contribution in [0.1, 0.15) is 48.9 Å². The molecule has 1 radical (unpaired) electrons. The first-order chi connectivity index (χ1) is 24.0. The Morgan fingerprint density at radius 1 is 0.667 bits per heavy atom. The van der Waals surface area contributed by atoms with Crippen LogP contribution in [0.3, 0.4) is 0 Å². The van der Waals surface area contributed by atoms with E-state index in [-0.39, 0.29) is 55.2 Å². The molecule has 14 heteroatoms. The van der Waals surface area contributed by atoms with Crippen LogP contribution in [0.4, 0.5) is 11.4 Å². The van der Waals surface area contributed by atoms with Crippen molar-refractivity contribution in [1.29, 1.82) is 0 Å². The molecule has 0 saturated heterocycles. The van der Waals surface area contributed by atoms with Crippen molar-refractivity contribution >= 4 is 58.9 Å². The average molecular weight is 768 g/mol. The number of aryl methyl sites for hydroxylation is 2. The number of para-hydroxylation sites is 4. The Hall–Kier alpha value is -5.66. The van der Waals surface area contributed by atoms with Gasteiger partial charge in [-0.05, 0) is 74.3 Å². The fourth-order valence-corrected chi connectivity index (χ4v) is 5.31. The number of nitrogens with zero attached hydrogens (tertiary/aromatic N) is 6. The van der Waals surface area contributed by atoms with Gasteiger partial charge in [0.1, 0.15) is 0 Å². The van der Waals surface area contributed by atoms with Crippen LogP contribution in [-0.2, 0) is 16.8 Å². The molecule has 0 aliphatic rings. The Labute approximate surface area is 313 Å². The normalized spacial score (nSPS) is 10.9. The van der Waals surface area contributed by atoms with Gasteiger partial charge in [0.05, 0.1) is 55.2 Å². The molecule has 0 aliphatic heterocycles. The number of aromatic carboxylic acids is 2. The van der Waals surface area contributed by atoms with Crippen LogP contribution in [0.2, 0.25) is 10.0 Å². The topological polar surface area (TPSA) is 155 Å². The second-order valence-corrected chi connectivity index (χ2v) is 11.5. The summed E-state index contributed by atoms with van der Waals surface area (Å²) in [7, 11) is 0. The monoisotopic (exact) mass is 766 g/mol. The van der Waals surface area contributed by atoms with E-state index in [0.717, 1.165) is 16.9 Å². The van der Waals surface area contributed by atoms with E-state index in [4.69, 9.17) is 23.2 Å². The molecule has 0 spiro atoms. The summed E-state index contributed by atoms with van der Waals surface area (Å²) in [5.41, 5.74) is 5.02. The fraction of sp³-hybridized carbons (Fsp3) is 0.0541. The third-order valence-corrected chi connectivity index (χ3v) is 7.98. The van der Waals surface area contributed by atoms with E-state index < -0.39 is 11.9 Å². The molecular weight excluding hydrogens is 738 g/mol. The van der Waals surface area contributed by atoms with Crippen LogP contribution in [0.15, 0.2) is 107 Å². The van der Waals surface area contributed by atoms with Gasteiger partial charge in [0.25, 0.3) is 0 Å². The van der Waals surface area contributed by atoms with Crippen LogP contribution in [-0.4, -0.2) is 59.2 Å². The first-order valence-electron chi connectivity index (χ1n) is 14.9. The third kappa shape index (κ3) is 8.56. The molecule has 6 aromatic rings. The molecule has 0 aliphatic carbocycles. The molecule has 0 fully saturated rings. The molecule has 11 nitrogen and oxygen atoms in total. The number of rotatable bonds is 8. The number of carbonyl (C=O) groups is 2. The third-order valence-electron chi connectivity index (χ3n) is 7.37. The largest absolute Gasteiger partial charge is 0.493 e. The van der Waals surface area contributed by atoms with Crippen molar-refractivity contribution in [3.05, 3.63) is 153 Å². The quantitative estimate of drug-likeness (QED) is 0.104. The van der Waals surface area contributed by atoms with Gasteiger partial charge >= 0.3 is 11.9 Å². The molecule has 0 amide bonds. The zero-order chi connectivity index (χ0) is 35.9. The van der Waals surface area contributed by atoms with Gasteiger partial charge in [-0.3, -0.25) is 14.7 Å². The summed E-state index contributed by atoms with van der Waals surface area (Å²) < 4.78 is 3.11. The maximum absolute atomic E-state index is 11.3. The van der Waals surface area contributed by atoms with Crippen molar-refractivity contribution in [1.82, 2.24) is 19.6 Å². The van der Waals surface area contributed by atoms with Crippen molar-refractivity contribution in [2.75, 3.05) is 0 Å². The van der Waals surface area contributed by atoms with Crippen molar-refractivity contribution in [3.63, 3.8) is 0 Å². The van der Waals surface area contributed by atoms with Crippen LogP contribution in [0.25, 0.3) is 11.4 Å². The minimum atomic E-state index is -1.13. The minimum absolute atomic E-state index is 0. The van der Waals surface area contributed by atoms with E-state index in [0.29, 0.717) is 22.6 Å². The zero-order valence-electron chi connectivity index (χ0n) is 27.0. The molecule has 261 valence electrons. The molecule has 51 heavy (non-hydrogen) atoms. The maximum atomic E-state index is 11.3. The Balaban J connectivity index is 0.000000224. The van der Waals surface area contributed by atoms with Gasteiger partial charge < -0.3 is 15.3 Å². The predicted molar refractivity (Wildman–Crippen MR) is 194 cm³/mol. The van der Waals surface area contributed by atoms with Crippen molar-refractivity contribution in [3.8, 4) is 17.3 Å². The minimum Gasteiger partial charge on any atom is -0.493 e. The van der Waals surface area contributed by atoms with E-state index in [1.165, 1.54) is 23.0 Å². The number of aromatic nitrogens is 4. The van der Waals surface area contributed by atoms with Gasteiger partial charge in [-0.25, -0.2) is 21.2 Å². The first-order valence-corrected chi connectivity index (χ1v) is 15.7. The Morgan fingerprint density at radius 2 is 1.08 bits per heavy atom. The van der Waals surface area contributed by atoms with E-state index >= 15 is 0 Å². The van der Waals surface area contributed by atoms with Gasteiger partial charge in [0.2, 0.25) is 5.88 Å². The van der Waals surface area contributed by atoms with Crippen molar-refractivity contribution < 1.29 is 41.7 Å². The van der Waals surface area contributed by atoms with Crippen LogP contribution in [0, 0.1) is 20.8 Å². The zero-order valence-corrected chi connectivity index (χ0v) is 29.6. The van der Waals surface area contributed by atoms with E-state index in [1.807, 2.05) is 67.6 Å². The van der Waals surface area contributed by atoms with Crippen LogP contribution >= 0.6 is 23.2 Å². The van der Waals surface area contributed by atoms with Gasteiger partial charge in [-0.1, -0.05) is 77.4 Å². The standard InChI is InChI=1S/C19H15ClN3O2.C18H14ClN3O3.Co/c1-12-16(13(2)23(22-12)14-7-4-3-5-8-14)11-21-18-15(19(24)25)9-6-10-17(18)20;1-11-14(17(23)22(21-11)12-6-3-2-4-7-12)10-20-16-13(18(24)25)8-5-9-15(16)19;/h3-11H,2H2,1H3,(H,24,25);2-10,23H,1H3,(H,24,25);/q-1;;. The number of aromatic hydroxyl groups is 1. The Morgan fingerprint density at radius 3 is 1.55 bits per heavy atom. The molecule has 0 saturated carbocycles. The summed E-state index contributed by atoms with van der Waals surface area (Å²) >= 11 is 12.2. The van der Waals surface area contributed by atoms with Crippen molar-refractivity contribution in [2.45, 2.75) is 13.8 Å². The molecule has 2 heterocycles. The maximum Gasteiger partial charge on any atom is 0.337 e. The van der Waals surface area contributed by atoms with Gasteiger partial charge in [0.15, 0.2) is 0 Å². The van der Waals surface area contributed by atoms with E-state index in [9.17, 15) is 24.9 Å². The average Bonchev–Trinajstić information content (AvgIpc) is 3.56. The summed E-state index contributed by atoms with van der Waals surface area (Å²) in [6, 6.07) is 27.9. The molecule has 4 aromatic carbocycles. The molecule has 6 rings (SSSR count). The van der Waals surface area contributed by atoms with Crippen LogP contribution < -0.4 is 0 Å². The van der Waals surface area contributed by atoms with Gasteiger partial charge in [0, 0.05) is 23.0 Å². The fourth-order valence-electron chi connectivity index (χ4n) is 4.86. The summed E-state index contributed by atoms with van der Waals surface area (Å²) in [5.74, 6) is -2.30. The molecule has 0 bridgehead atoms. The number of halogens is 2. The number of hydrogen-bond donors (Lipinski definition) is 3. The number of aliphatic imine (C=N–C) groups is 2. The van der Waals surface area contributed by atoms with Crippen molar-refractivity contribution in [2.24, 2.45) is 9.98 Å². The Bertz CT molecular complexity index is 2090. The molecule has 0 unspecified atom stereocenters. The molecule has 3 N–H and O–H groups in total. The second-order valence-electron chi connectivity index (χ2n) is 10.7. The summed E-state index contributed by atoms with van der Waals surface area (Å²) in [6.07, 6.45) is 2.92. The second kappa shape index (κ2) is 16.8. The van der Waals surface area contributed by atoms with E-state index in [1.54, 1.807) is 42.1 Å².